The van der Waals surface area contributed by atoms with E-state index in [4.69, 9.17) is 11.5 Å². The molecule has 0 saturated carbocycles. The van der Waals surface area contributed by atoms with Crippen LogP contribution in [0.15, 0.2) is 18.5 Å². The lowest BCUT2D eigenvalue weighted by Gasteiger charge is -2.00. The van der Waals surface area contributed by atoms with E-state index in [2.05, 4.69) is 16.0 Å². The van der Waals surface area contributed by atoms with E-state index < -0.39 is 0 Å². The van der Waals surface area contributed by atoms with E-state index in [1.807, 2.05) is 0 Å². The summed E-state index contributed by atoms with van der Waals surface area (Å²) in [6.45, 7) is 0. The summed E-state index contributed by atoms with van der Waals surface area (Å²) >= 11 is 0. The highest BCUT2D eigenvalue weighted by atomic mass is 14.9. The summed E-state index contributed by atoms with van der Waals surface area (Å²) in [5.41, 5.74) is 12.5. The molecule has 0 unspecified atom stereocenters. The number of rotatable bonds is 0. The van der Waals surface area contributed by atoms with Crippen LogP contribution in [0.2, 0.25) is 0 Å². The van der Waals surface area contributed by atoms with E-state index in [0.29, 0.717) is 17.0 Å². The van der Waals surface area contributed by atoms with Crippen LogP contribution in [0.4, 0.5) is 11.5 Å². The fraction of sp³-hybridized carbons (Fsp3) is 0. The van der Waals surface area contributed by atoms with Gasteiger partial charge in [-0.05, 0) is 18.2 Å². The van der Waals surface area contributed by atoms with Crippen molar-refractivity contribution in [2.24, 2.45) is 0 Å². The summed E-state index contributed by atoms with van der Waals surface area (Å²) in [6, 6.07) is 6.24. The number of hydrogen-bond donors (Lipinski definition) is 2. The Morgan fingerprint density at radius 1 is 1.17 bits per heavy atom. The quantitative estimate of drug-likeness (QED) is 0.551. The van der Waals surface area contributed by atoms with Crippen molar-refractivity contribution < 1.29 is 0 Å². The van der Waals surface area contributed by atoms with Crippen molar-refractivity contribution in [2.75, 3.05) is 11.5 Å². The van der Waals surface area contributed by atoms with Gasteiger partial charge in [-0.15, -0.1) is 0 Å². The highest BCUT2D eigenvalue weighted by molar-refractivity contribution is 5.95. The highest BCUT2D eigenvalue weighted by Gasteiger charge is 2.01. The summed E-state index contributed by atoms with van der Waals surface area (Å²) in [4.78, 5) is 7.85. The number of nitrogens with two attached hydrogens (primary N) is 2. The number of nitrogens with zero attached hydrogens (tertiary/aromatic N) is 2. The third-order valence-electron chi connectivity index (χ3n) is 1.65. The van der Waals surface area contributed by atoms with Crippen molar-refractivity contribution in [2.45, 2.75) is 0 Å². The van der Waals surface area contributed by atoms with Crippen LogP contribution in [0.1, 0.15) is 0 Å². The van der Waals surface area contributed by atoms with E-state index in [9.17, 15) is 0 Å². The molecule has 0 atom stereocenters. The van der Waals surface area contributed by atoms with Crippen molar-refractivity contribution in [3.8, 4) is 0 Å². The molecule has 0 saturated heterocycles. The maximum Gasteiger partial charge on any atom is 0.134 e. The summed E-state index contributed by atoms with van der Waals surface area (Å²) < 4.78 is 0. The number of benzene rings is 1. The zero-order valence-electron chi connectivity index (χ0n) is 6.28. The van der Waals surface area contributed by atoms with E-state index in [0.717, 1.165) is 5.39 Å². The van der Waals surface area contributed by atoms with Crippen molar-refractivity contribution in [3.63, 3.8) is 0 Å². The standard InChI is InChI=1S/C8H7N4/c9-6-3-1-2-5-7(6)11-4-12-8(5)10/h2-4H,9H2,(H2,10,11,12). The first-order chi connectivity index (χ1) is 5.79. The fourth-order valence-corrected chi connectivity index (χ4v) is 1.06. The zero-order valence-corrected chi connectivity index (χ0v) is 6.28. The van der Waals surface area contributed by atoms with Gasteiger partial charge >= 0.3 is 0 Å². The third-order valence-corrected chi connectivity index (χ3v) is 1.65. The molecule has 1 heterocycles. The van der Waals surface area contributed by atoms with Gasteiger partial charge in [0.1, 0.15) is 12.1 Å². The summed E-state index contributed by atoms with van der Waals surface area (Å²) in [7, 11) is 0. The number of anilines is 2. The Kier molecular flexibility index (Phi) is 1.33. The van der Waals surface area contributed by atoms with Crippen LogP contribution in [0.25, 0.3) is 10.9 Å². The molecule has 2 aromatic rings. The molecule has 0 aliphatic heterocycles. The number of nitrogen functional groups attached to an aromatic ring is 2. The lowest BCUT2D eigenvalue weighted by molar-refractivity contribution is 1.23. The van der Waals surface area contributed by atoms with Gasteiger partial charge in [0, 0.05) is 5.39 Å². The topological polar surface area (TPSA) is 77.8 Å². The summed E-state index contributed by atoms with van der Waals surface area (Å²) in [5.74, 6) is 0.434. The molecule has 1 aromatic heterocycles. The first-order valence-corrected chi connectivity index (χ1v) is 3.45. The highest BCUT2D eigenvalue weighted by Crippen LogP contribution is 2.20. The average Bonchev–Trinajstić information content (AvgIpc) is 2.07. The van der Waals surface area contributed by atoms with Gasteiger partial charge in [0.15, 0.2) is 0 Å². The van der Waals surface area contributed by atoms with E-state index in [1.54, 1.807) is 12.1 Å². The molecule has 0 bridgehead atoms. The van der Waals surface area contributed by atoms with Crippen molar-refractivity contribution in [1.82, 2.24) is 9.97 Å². The maximum atomic E-state index is 5.65. The molecular formula is C8H7N4. The minimum atomic E-state index is 0.434. The molecule has 4 nitrogen and oxygen atoms in total. The molecule has 0 spiro atoms. The van der Waals surface area contributed by atoms with Gasteiger partial charge in [-0.25, -0.2) is 9.97 Å². The predicted molar refractivity (Wildman–Crippen MR) is 47.2 cm³/mol. The van der Waals surface area contributed by atoms with Crippen LogP contribution in [-0.2, 0) is 0 Å². The molecule has 0 aliphatic carbocycles. The second-order valence-electron chi connectivity index (χ2n) is 2.43. The van der Waals surface area contributed by atoms with Gasteiger partial charge in [0.2, 0.25) is 0 Å². The number of fused-ring (bicyclic) bond motifs is 1. The summed E-state index contributed by atoms with van der Waals surface area (Å²) in [5, 5.41) is 0.748. The first kappa shape index (κ1) is 6.84. The van der Waals surface area contributed by atoms with Crippen LogP contribution >= 0.6 is 0 Å². The van der Waals surface area contributed by atoms with Gasteiger partial charge in [-0.1, -0.05) is 0 Å². The summed E-state index contributed by atoms with van der Waals surface area (Å²) in [6.07, 6.45) is 1.40. The van der Waals surface area contributed by atoms with Gasteiger partial charge < -0.3 is 11.5 Å². The Morgan fingerprint density at radius 3 is 2.75 bits per heavy atom. The second kappa shape index (κ2) is 2.34. The lowest BCUT2D eigenvalue weighted by atomic mass is 10.2. The Hall–Kier alpha value is -1.84. The van der Waals surface area contributed by atoms with Gasteiger partial charge in [-0.2, -0.15) is 0 Å². The minimum Gasteiger partial charge on any atom is -0.397 e. The number of hydrogen-bond acceptors (Lipinski definition) is 4. The van der Waals surface area contributed by atoms with Crippen molar-refractivity contribution in [1.29, 1.82) is 0 Å². The molecule has 4 N–H and O–H groups in total. The molecule has 4 heteroatoms. The van der Waals surface area contributed by atoms with Crippen LogP contribution in [0, 0.1) is 6.07 Å². The van der Waals surface area contributed by atoms with Crippen LogP contribution < -0.4 is 11.5 Å². The fourth-order valence-electron chi connectivity index (χ4n) is 1.06. The maximum absolute atomic E-state index is 5.65. The molecule has 1 aromatic carbocycles. The van der Waals surface area contributed by atoms with E-state index in [1.165, 1.54) is 6.33 Å². The van der Waals surface area contributed by atoms with Crippen LogP contribution in [-0.4, -0.2) is 9.97 Å². The van der Waals surface area contributed by atoms with Crippen LogP contribution in [0.3, 0.4) is 0 Å². The molecule has 1 radical (unpaired) electrons. The monoisotopic (exact) mass is 159 g/mol. The Bertz CT molecular complexity index is 383. The number of aromatic nitrogens is 2. The van der Waals surface area contributed by atoms with Crippen molar-refractivity contribution >= 4 is 22.4 Å². The smallest absolute Gasteiger partial charge is 0.134 e. The Balaban J connectivity index is 2.94. The largest absolute Gasteiger partial charge is 0.397 e. The predicted octanol–water partition coefficient (Wildman–Crippen LogP) is 0.594. The molecule has 2 rings (SSSR count). The minimum absolute atomic E-state index is 0.434. The molecule has 12 heavy (non-hydrogen) atoms. The van der Waals surface area contributed by atoms with E-state index in [-0.39, 0.29) is 0 Å². The van der Waals surface area contributed by atoms with Gasteiger partial charge in [0.25, 0.3) is 0 Å². The molecular weight excluding hydrogens is 152 g/mol. The molecule has 59 valence electrons. The zero-order chi connectivity index (χ0) is 8.55. The first-order valence-electron chi connectivity index (χ1n) is 3.45. The Labute approximate surface area is 69.2 Å². The SMILES string of the molecule is Nc1ncnc2c(N)c[c]cc12. The van der Waals surface area contributed by atoms with E-state index >= 15 is 0 Å². The average molecular weight is 159 g/mol. The lowest BCUT2D eigenvalue weighted by Crippen LogP contribution is -1.95. The Morgan fingerprint density at radius 2 is 2.00 bits per heavy atom. The molecule has 0 aliphatic rings. The van der Waals surface area contributed by atoms with Gasteiger partial charge in [-0.3, -0.25) is 0 Å². The third kappa shape index (κ3) is 0.852. The van der Waals surface area contributed by atoms with Crippen molar-refractivity contribution in [3.05, 3.63) is 24.5 Å². The molecule has 0 fully saturated rings. The normalized spacial score (nSPS) is 10.3. The molecule has 0 amide bonds. The van der Waals surface area contributed by atoms with Gasteiger partial charge in [0.05, 0.1) is 11.2 Å². The van der Waals surface area contributed by atoms with Crippen LogP contribution in [0.5, 0.6) is 0 Å². The second-order valence-corrected chi connectivity index (χ2v) is 2.43.